The van der Waals surface area contributed by atoms with Crippen molar-refractivity contribution in [2.24, 2.45) is 0 Å². The third kappa shape index (κ3) is 3.50. The third-order valence-corrected chi connectivity index (χ3v) is 3.12. The lowest BCUT2D eigenvalue weighted by atomic mass is 10.4. The van der Waals surface area contributed by atoms with Gasteiger partial charge in [-0.3, -0.25) is 19.4 Å². The molecule has 0 unspecified atom stereocenters. The van der Waals surface area contributed by atoms with Gasteiger partial charge in [0.25, 0.3) is 5.24 Å². The number of imide groups is 1. The van der Waals surface area contributed by atoms with Crippen molar-refractivity contribution < 1.29 is 9.59 Å². The SMILES string of the molecule is CCCN(CCC)CN1C(=O)CSC1=O. The van der Waals surface area contributed by atoms with Gasteiger partial charge in [-0.2, -0.15) is 0 Å². The lowest BCUT2D eigenvalue weighted by molar-refractivity contribution is -0.126. The van der Waals surface area contributed by atoms with E-state index in [-0.39, 0.29) is 11.1 Å². The number of hydrogen-bond acceptors (Lipinski definition) is 4. The summed E-state index contributed by atoms with van der Waals surface area (Å²) in [6.07, 6.45) is 2.09. The summed E-state index contributed by atoms with van der Waals surface area (Å²) < 4.78 is 0. The summed E-state index contributed by atoms with van der Waals surface area (Å²) in [5.74, 6) is 0.257. The standard InChI is InChI=1S/C10H18N2O2S/c1-3-5-11(6-4-2)8-12-9(13)7-15-10(12)14/h3-8H2,1-2H3. The normalized spacial score (nSPS) is 16.9. The minimum Gasteiger partial charge on any atom is -0.286 e. The van der Waals surface area contributed by atoms with Gasteiger partial charge in [-0.25, -0.2) is 0 Å². The molecule has 1 saturated heterocycles. The van der Waals surface area contributed by atoms with E-state index in [0.717, 1.165) is 37.7 Å². The molecule has 0 aromatic carbocycles. The second-order valence-corrected chi connectivity index (χ2v) is 4.56. The summed E-state index contributed by atoms with van der Waals surface area (Å²) in [7, 11) is 0. The van der Waals surface area contributed by atoms with E-state index < -0.39 is 0 Å². The van der Waals surface area contributed by atoms with Crippen molar-refractivity contribution in [3.05, 3.63) is 0 Å². The molecular formula is C10H18N2O2S. The molecule has 0 radical (unpaired) electrons. The Bertz CT molecular complexity index is 224. The van der Waals surface area contributed by atoms with E-state index in [9.17, 15) is 9.59 Å². The molecule has 0 aromatic rings. The van der Waals surface area contributed by atoms with Gasteiger partial charge in [0.05, 0.1) is 12.4 Å². The molecule has 86 valence electrons. The minimum absolute atomic E-state index is 0.0535. The van der Waals surface area contributed by atoms with Gasteiger partial charge >= 0.3 is 0 Å². The molecule has 1 fully saturated rings. The molecule has 15 heavy (non-hydrogen) atoms. The highest BCUT2D eigenvalue weighted by Crippen LogP contribution is 2.18. The monoisotopic (exact) mass is 230 g/mol. The van der Waals surface area contributed by atoms with E-state index in [0.29, 0.717) is 12.4 Å². The fraction of sp³-hybridized carbons (Fsp3) is 0.800. The van der Waals surface area contributed by atoms with Crippen LogP contribution in [-0.2, 0) is 4.79 Å². The van der Waals surface area contributed by atoms with Crippen LogP contribution in [0.1, 0.15) is 26.7 Å². The van der Waals surface area contributed by atoms with Gasteiger partial charge in [0.15, 0.2) is 0 Å². The lowest BCUT2D eigenvalue weighted by Gasteiger charge is -2.25. The zero-order valence-corrected chi connectivity index (χ0v) is 10.2. The van der Waals surface area contributed by atoms with Crippen LogP contribution in [0.4, 0.5) is 4.79 Å². The number of carbonyl (C=O) groups is 2. The molecule has 0 bridgehead atoms. The fourth-order valence-corrected chi connectivity index (χ4v) is 2.32. The lowest BCUT2D eigenvalue weighted by Crippen LogP contribution is -2.41. The van der Waals surface area contributed by atoms with Gasteiger partial charge in [0.1, 0.15) is 0 Å². The first kappa shape index (κ1) is 12.5. The number of rotatable bonds is 6. The van der Waals surface area contributed by atoms with Crippen molar-refractivity contribution in [1.82, 2.24) is 9.80 Å². The largest absolute Gasteiger partial charge is 0.289 e. The zero-order chi connectivity index (χ0) is 11.3. The Labute approximate surface area is 95.0 Å². The molecule has 0 spiro atoms. The predicted molar refractivity (Wildman–Crippen MR) is 61.7 cm³/mol. The van der Waals surface area contributed by atoms with Gasteiger partial charge in [0.2, 0.25) is 5.91 Å². The summed E-state index contributed by atoms with van der Waals surface area (Å²) in [5, 5.41) is -0.0998. The molecule has 0 saturated carbocycles. The van der Waals surface area contributed by atoms with Crippen LogP contribution in [0.3, 0.4) is 0 Å². The van der Waals surface area contributed by atoms with Crippen molar-refractivity contribution in [3.63, 3.8) is 0 Å². The Morgan fingerprint density at radius 2 is 1.87 bits per heavy atom. The number of thioether (sulfide) groups is 1. The number of amides is 2. The van der Waals surface area contributed by atoms with Crippen molar-refractivity contribution in [2.75, 3.05) is 25.5 Å². The molecule has 1 rings (SSSR count). The smallest absolute Gasteiger partial charge is 0.286 e. The van der Waals surface area contributed by atoms with Crippen LogP contribution in [0.25, 0.3) is 0 Å². The summed E-state index contributed by atoms with van der Waals surface area (Å²) >= 11 is 1.10. The van der Waals surface area contributed by atoms with Crippen LogP contribution in [0, 0.1) is 0 Å². The molecule has 2 amide bonds. The summed E-state index contributed by atoms with van der Waals surface area (Å²) in [6, 6.07) is 0. The fourth-order valence-electron chi connectivity index (χ4n) is 1.60. The van der Waals surface area contributed by atoms with Crippen LogP contribution >= 0.6 is 11.8 Å². The molecule has 0 aromatic heterocycles. The number of nitrogens with zero attached hydrogens (tertiary/aromatic N) is 2. The highest BCUT2D eigenvalue weighted by Gasteiger charge is 2.30. The van der Waals surface area contributed by atoms with E-state index in [1.807, 2.05) is 0 Å². The van der Waals surface area contributed by atoms with Gasteiger partial charge < -0.3 is 0 Å². The van der Waals surface area contributed by atoms with Gasteiger partial charge in [-0.15, -0.1) is 0 Å². The average molecular weight is 230 g/mol. The minimum atomic E-state index is -0.0998. The highest BCUT2D eigenvalue weighted by molar-refractivity contribution is 8.14. The first-order valence-electron chi connectivity index (χ1n) is 5.38. The van der Waals surface area contributed by atoms with Crippen molar-refractivity contribution in [1.29, 1.82) is 0 Å². The molecule has 5 heteroatoms. The first-order chi connectivity index (χ1) is 7.19. The van der Waals surface area contributed by atoms with Crippen LogP contribution in [0.2, 0.25) is 0 Å². The van der Waals surface area contributed by atoms with Crippen LogP contribution < -0.4 is 0 Å². The predicted octanol–water partition coefficient (Wildman–Crippen LogP) is 1.76. The molecule has 1 heterocycles. The topological polar surface area (TPSA) is 40.6 Å². The number of hydrogen-bond donors (Lipinski definition) is 0. The van der Waals surface area contributed by atoms with E-state index >= 15 is 0 Å². The molecule has 0 atom stereocenters. The van der Waals surface area contributed by atoms with E-state index in [4.69, 9.17) is 0 Å². The number of carbonyl (C=O) groups excluding carboxylic acids is 2. The van der Waals surface area contributed by atoms with Crippen LogP contribution in [0.5, 0.6) is 0 Å². The van der Waals surface area contributed by atoms with Crippen molar-refractivity contribution in [3.8, 4) is 0 Å². The summed E-state index contributed by atoms with van der Waals surface area (Å²) in [6.45, 7) is 6.55. The second-order valence-electron chi connectivity index (χ2n) is 3.64. The van der Waals surface area contributed by atoms with Gasteiger partial charge in [0, 0.05) is 0 Å². The second kappa shape index (κ2) is 6.12. The maximum Gasteiger partial charge on any atom is 0.289 e. The Kier molecular flexibility index (Phi) is 5.11. The molecule has 0 N–H and O–H groups in total. The molecule has 1 aliphatic rings. The van der Waals surface area contributed by atoms with E-state index in [1.54, 1.807) is 0 Å². The zero-order valence-electron chi connectivity index (χ0n) is 9.36. The Morgan fingerprint density at radius 3 is 2.27 bits per heavy atom. The van der Waals surface area contributed by atoms with Gasteiger partial charge in [-0.05, 0) is 25.9 Å². The Morgan fingerprint density at radius 1 is 1.27 bits per heavy atom. The van der Waals surface area contributed by atoms with Crippen LogP contribution in [-0.4, -0.2) is 46.5 Å². The van der Waals surface area contributed by atoms with Crippen molar-refractivity contribution in [2.45, 2.75) is 26.7 Å². The maximum atomic E-state index is 11.4. The van der Waals surface area contributed by atoms with Gasteiger partial charge in [-0.1, -0.05) is 25.6 Å². The molecular weight excluding hydrogens is 212 g/mol. The van der Waals surface area contributed by atoms with E-state index in [1.165, 1.54) is 4.90 Å². The highest BCUT2D eigenvalue weighted by atomic mass is 32.2. The Hall–Kier alpha value is -0.550. The van der Waals surface area contributed by atoms with Crippen LogP contribution in [0.15, 0.2) is 0 Å². The van der Waals surface area contributed by atoms with E-state index in [2.05, 4.69) is 18.7 Å². The maximum absolute atomic E-state index is 11.4. The molecule has 4 nitrogen and oxygen atoms in total. The third-order valence-electron chi connectivity index (χ3n) is 2.26. The summed E-state index contributed by atoms with van der Waals surface area (Å²) in [4.78, 5) is 26.3. The molecule has 0 aliphatic carbocycles. The van der Waals surface area contributed by atoms with Crippen molar-refractivity contribution >= 4 is 22.9 Å². The first-order valence-corrected chi connectivity index (χ1v) is 6.37. The quantitative estimate of drug-likeness (QED) is 0.697. The average Bonchev–Trinajstić information content (AvgIpc) is 2.50. The summed E-state index contributed by atoms with van der Waals surface area (Å²) in [5.41, 5.74) is 0. The Balaban J connectivity index is 2.48. The molecule has 1 aliphatic heterocycles.